The molecule has 0 atom stereocenters. The van der Waals surface area contributed by atoms with Crippen LogP contribution in [-0.2, 0) is 6.54 Å². The second-order valence-corrected chi connectivity index (χ2v) is 5.40. The zero-order valence-corrected chi connectivity index (χ0v) is 12.7. The number of aromatic nitrogens is 2. The Labute approximate surface area is 129 Å². The lowest BCUT2D eigenvalue weighted by Gasteiger charge is -2.07. The van der Waals surface area contributed by atoms with Gasteiger partial charge in [-0.15, -0.1) is 0 Å². The number of rotatable bonds is 3. The summed E-state index contributed by atoms with van der Waals surface area (Å²) in [5.41, 5.74) is 11.1. The molecule has 0 radical (unpaired) electrons. The van der Waals surface area contributed by atoms with Crippen LogP contribution in [0.1, 0.15) is 16.8 Å². The van der Waals surface area contributed by atoms with Crippen LogP contribution in [0, 0.1) is 13.8 Å². The Hall–Kier alpha value is -2.82. The molecule has 0 aliphatic carbocycles. The number of benzene rings is 1. The quantitative estimate of drug-likeness (QED) is 0.576. The molecular formula is C17H19N5. The van der Waals surface area contributed by atoms with E-state index >= 15 is 0 Å². The number of nitrogens with one attached hydrogen (secondary N) is 1. The normalized spacial score (nSPS) is 11.8. The molecule has 0 fully saturated rings. The largest absolute Gasteiger partial charge is 0.370 e. The third-order valence-corrected chi connectivity index (χ3v) is 3.32. The standard InChI is InChI=1S/C17H19N5/c1-12-7-13(2)9-14(8-12)21-17(18)19-10-15-11-22-6-4-3-5-16(22)20-15/h3-9,11H,10H2,1-2H3,(H3,18,19,21). The fourth-order valence-corrected chi connectivity index (χ4v) is 2.46. The minimum Gasteiger partial charge on any atom is -0.370 e. The van der Waals surface area contributed by atoms with E-state index in [9.17, 15) is 0 Å². The average Bonchev–Trinajstić information content (AvgIpc) is 2.87. The molecule has 22 heavy (non-hydrogen) atoms. The summed E-state index contributed by atoms with van der Waals surface area (Å²) in [4.78, 5) is 8.84. The molecule has 1 aromatic carbocycles. The summed E-state index contributed by atoms with van der Waals surface area (Å²) in [6, 6.07) is 12.1. The highest BCUT2D eigenvalue weighted by Crippen LogP contribution is 2.13. The Morgan fingerprint density at radius 3 is 2.73 bits per heavy atom. The van der Waals surface area contributed by atoms with Gasteiger partial charge >= 0.3 is 0 Å². The molecule has 112 valence electrons. The summed E-state index contributed by atoms with van der Waals surface area (Å²) in [6.45, 7) is 4.57. The van der Waals surface area contributed by atoms with Crippen molar-refractivity contribution in [1.29, 1.82) is 0 Å². The number of hydrogen-bond acceptors (Lipinski definition) is 2. The van der Waals surface area contributed by atoms with Gasteiger partial charge in [0.2, 0.25) is 0 Å². The van der Waals surface area contributed by atoms with E-state index < -0.39 is 0 Å². The average molecular weight is 293 g/mol. The number of nitrogens with zero attached hydrogens (tertiary/aromatic N) is 3. The van der Waals surface area contributed by atoms with Gasteiger partial charge in [0.25, 0.3) is 0 Å². The lowest BCUT2D eigenvalue weighted by Crippen LogP contribution is -2.22. The van der Waals surface area contributed by atoms with E-state index in [0.717, 1.165) is 17.0 Å². The number of imidazole rings is 1. The molecule has 3 rings (SSSR count). The van der Waals surface area contributed by atoms with Crippen LogP contribution in [0.25, 0.3) is 5.65 Å². The van der Waals surface area contributed by atoms with E-state index in [1.165, 1.54) is 11.1 Å². The van der Waals surface area contributed by atoms with Crippen molar-refractivity contribution >= 4 is 17.3 Å². The first-order chi connectivity index (χ1) is 10.6. The number of aryl methyl sites for hydroxylation is 2. The summed E-state index contributed by atoms with van der Waals surface area (Å²) < 4.78 is 1.97. The zero-order chi connectivity index (χ0) is 15.5. The van der Waals surface area contributed by atoms with Crippen LogP contribution in [0.5, 0.6) is 0 Å². The van der Waals surface area contributed by atoms with Crippen molar-refractivity contribution in [3.8, 4) is 0 Å². The first-order valence-corrected chi connectivity index (χ1v) is 7.18. The molecule has 0 amide bonds. The maximum Gasteiger partial charge on any atom is 0.193 e. The van der Waals surface area contributed by atoms with E-state index in [2.05, 4.69) is 35.2 Å². The zero-order valence-electron chi connectivity index (χ0n) is 12.7. The molecule has 5 nitrogen and oxygen atoms in total. The number of aliphatic imine (C=N–C) groups is 1. The number of anilines is 1. The summed E-state index contributed by atoms with van der Waals surface area (Å²) >= 11 is 0. The predicted molar refractivity (Wildman–Crippen MR) is 90.1 cm³/mol. The van der Waals surface area contributed by atoms with Crippen molar-refractivity contribution in [3.05, 3.63) is 65.6 Å². The Morgan fingerprint density at radius 1 is 1.23 bits per heavy atom. The first-order valence-electron chi connectivity index (χ1n) is 7.18. The van der Waals surface area contributed by atoms with Gasteiger partial charge in [-0.3, -0.25) is 0 Å². The summed E-state index contributed by atoms with van der Waals surface area (Å²) in [6.07, 6.45) is 3.93. The molecule has 0 saturated carbocycles. The van der Waals surface area contributed by atoms with E-state index in [1.54, 1.807) is 0 Å². The van der Waals surface area contributed by atoms with Crippen molar-refractivity contribution < 1.29 is 0 Å². The molecule has 5 heteroatoms. The van der Waals surface area contributed by atoms with Crippen LogP contribution in [-0.4, -0.2) is 15.3 Å². The van der Waals surface area contributed by atoms with Gasteiger partial charge in [-0.05, 0) is 49.2 Å². The van der Waals surface area contributed by atoms with E-state index in [0.29, 0.717) is 12.5 Å². The van der Waals surface area contributed by atoms with Gasteiger partial charge in [0.1, 0.15) is 5.65 Å². The number of hydrogen-bond donors (Lipinski definition) is 2. The van der Waals surface area contributed by atoms with E-state index in [-0.39, 0.29) is 0 Å². The Bertz CT molecular complexity index is 779. The second kappa shape index (κ2) is 5.89. The fourth-order valence-electron chi connectivity index (χ4n) is 2.46. The van der Waals surface area contributed by atoms with Crippen LogP contribution in [0.3, 0.4) is 0 Å². The SMILES string of the molecule is Cc1cc(C)cc(NC(N)=NCc2cn3ccccc3n2)c1. The van der Waals surface area contributed by atoms with Gasteiger partial charge in [0.15, 0.2) is 5.96 Å². The van der Waals surface area contributed by atoms with Crippen molar-refractivity contribution in [3.63, 3.8) is 0 Å². The molecule has 0 aliphatic heterocycles. The van der Waals surface area contributed by atoms with Crippen LogP contribution in [0.2, 0.25) is 0 Å². The number of pyridine rings is 1. The van der Waals surface area contributed by atoms with E-state index in [4.69, 9.17) is 5.73 Å². The van der Waals surface area contributed by atoms with Gasteiger partial charge < -0.3 is 15.5 Å². The minimum absolute atomic E-state index is 0.391. The number of nitrogens with two attached hydrogens (primary N) is 1. The van der Waals surface area contributed by atoms with Gasteiger partial charge in [-0.2, -0.15) is 0 Å². The third-order valence-electron chi connectivity index (χ3n) is 3.32. The van der Waals surface area contributed by atoms with Gasteiger partial charge in [0.05, 0.1) is 12.2 Å². The smallest absolute Gasteiger partial charge is 0.193 e. The third kappa shape index (κ3) is 3.25. The van der Waals surface area contributed by atoms with E-state index in [1.807, 2.05) is 47.1 Å². The molecule has 0 saturated heterocycles. The summed E-state index contributed by atoms with van der Waals surface area (Å²) in [5, 5.41) is 3.12. The summed E-state index contributed by atoms with van der Waals surface area (Å²) in [5.74, 6) is 0.391. The van der Waals surface area contributed by atoms with Gasteiger partial charge in [0, 0.05) is 18.1 Å². The Morgan fingerprint density at radius 2 is 2.00 bits per heavy atom. The van der Waals surface area contributed by atoms with Gasteiger partial charge in [-0.1, -0.05) is 12.1 Å². The maximum atomic E-state index is 5.95. The van der Waals surface area contributed by atoms with Crippen molar-refractivity contribution in [2.45, 2.75) is 20.4 Å². The van der Waals surface area contributed by atoms with Crippen LogP contribution in [0.15, 0.2) is 53.8 Å². The van der Waals surface area contributed by atoms with Crippen LogP contribution in [0.4, 0.5) is 5.69 Å². The van der Waals surface area contributed by atoms with Crippen molar-refractivity contribution in [2.24, 2.45) is 10.7 Å². The lowest BCUT2D eigenvalue weighted by atomic mass is 10.1. The van der Waals surface area contributed by atoms with Gasteiger partial charge in [-0.25, -0.2) is 9.98 Å². The predicted octanol–water partition coefficient (Wildman–Crippen LogP) is 2.88. The second-order valence-electron chi connectivity index (χ2n) is 5.40. The summed E-state index contributed by atoms with van der Waals surface area (Å²) in [7, 11) is 0. The Balaban J connectivity index is 1.71. The molecule has 2 aromatic heterocycles. The van der Waals surface area contributed by atoms with Crippen molar-refractivity contribution in [1.82, 2.24) is 9.38 Å². The molecule has 0 aliphatic rings. The first kappa shape index (κ1) is 14.1. The molecule has 2 heterocycles. The van der Waals surface area contributed by atoms with Crippen LogP contribution >= 0.6 is 0 Å². The number of guanidine groups is 1. The fraction of sp³-hybridized carbons (Fsp3) is 0.176. The maximum absolute atomic E-state index is 5.95. The molecular weight excluding hydrogens is 274 g/mol. The highest BCUT2D eigenvalue weighted by Gasteiger charge is 2.01. The van der Waals surface area contributed by atoms with Crippen LogP contribution < -0.4 is 11.1 Å². The topological polar surface area (TPSA) is 67.7 Å². The molecule has 3 aromatic rings. The lowest BCUT2D eigenvalue weighted by molar-refractivity contribution is 1.01. The van der Waals surface area contributed by atoms with Crippen molar-refractivity contribution in [2.75, 3.05) is 5.32 Å². The monoisotopic (exact) mass is 293 g/mol. The molecule has 0 unspecified atom stereocenters. The molecule has 0 bridgehead atoms. The highest BCUT2D eigenvalue weighted by atomic mass is 15.1. The highest BCUT2D eigenvalue weighted by molar-refractivity contribution is 5.92. The minimum atomic E-state index is 0.391. The molecule has 0 spiro atoms. The Kier molecular flexibility index (Phi) is 3.78. The molecule has 3 N–H and O–H groups in total. The number of fused-ring (bicyclic) bond motifs is 1.